The summed E-state index contributed by atoms with van der Waals surface area (Å²) in [5.74, 6) is 0.690. The third kappa shape index (κ3) is 4.31. The van der Waals surface area contributed by atoms with E-state index in [4.69, 9.17) is 9.47 Å². The number of piperidine rings is 1. The van der Waals surface area contributed by atoms with Crippen molar-refractivity contribution in [3.05, 3.63) is 36.0 Å². The van der Waals surface area contributed by atoms with Gasteiger partial charge in [-0.2, -0.15) is 5.10 Å². The molecule has 2 aliphatic rings. The van der Waals surface area contributed by atoms with Crippen molar-refractivity contribution < 1.29 is 14.3 Å². The maximum absolute atomic E-state index is 13.0. The Labute approximate surface area is 171 Å². The predicted molar refractivity (Wildman–Crippen MR) is 111 cm³/mol. The van der Waals surface area contributed by atoms with Crippen LogP contribution in [-0.4, -0.2) is 66.5 Å². The van der Waals surface area contributed by atoms with Crippen LogP contribution >= 0.6 is 0 Å². The molecule has 7 heteroatoms. The molecular weight excluding hydrogens is 368 g/mol. The maximum atomic E-state index is 13.0. The normalized spacial score (nSPS) is 19.6. The number of aromatic nitrogens is 2. The number of nitrogens with one attached hydrogen (secondary N) is 2. The second-order valence-corrected chi connectivity index (χ2v) is 7.95. The van der Waals surface area contributed by atoms with Gasteiger partial charge in [-0.05, 0) is 63.0 Å². The Morgan fingerprint density at radius 2 is 1.93 bits per heavy atom. The fraction of sp³-hybridized carbons (Fsp3) is 0.545. The quantitative estimate of drug-likeness (QED) is 0.782. The van der Waals surface area contributed by atoms with Gasteiger partial charge in [0.15, 0.2) is 0 Å². The van der Waals surface area contributed by atoms with Crippen LogP contribution in [0.3, 0.4) is 0 Å². The Morgan fingerprint density at radius 1 is 1.21 bits per heavy atom. The number of carbonyl (C=O) groups is 1. The van der Waals surface area contributed by atoms with Crippen molar-refractivity contribution in [3.8, 4) is 17.0 Å². The Kier molecular flexibility index (Phi) is 6.16. The van der Waals surface area contributed by atoms with Crippen LogP contribution in [0.5, 0.6) is 5.75 Å². The van der Waals surface area contributed by atoms with Crippen molar-refractivity contribution in [3.63, 3.8) is 0 Å². The summed E-state index contributed by atoms with van der Waals surface area (Å²) < 4.78 is 10.8. The molecule has 7 nitrogen and oxygen atoms in total. The number of methoxy groups -OCH3 is 1. The van der Waals surface area contributed by atoms with Crippen molar-refractivity contribution in [1.29, 1.82) is 0 Å². The van der Waals surface area contributed by atoms with E-state index in [1.807, 2.05) is 24.3 Å². The molecule has 1 aromatic heterocycles. The van der Waals surface area contributed by atoms with Gasteiger partial charge in [-0.25, -0.2) is 0 Å². The van der Waals surface area contributed by atoms with E-state index >= 15 is 0 Å². The van der Waals surface area contributed by atoms with Gasteiger partial charge in [0.1, 0.15) is 5.75 Å². The summed E-state index contributed by atoms with van der Waals surface area (Å²) in [5.41, 5.74) is 2.20. The van der Waals surface area contributed by atoms with Crippen LogP contribution < -0.4 is 10.1 Å². The largest absolute Gasteiger partial charge is 0.497 e. The van der Waals surface area contributed by atoms with Gasteiger partial charge in [0.2, 0.25) is 0 Å². The van der Waals surface area contributed by atoms with Crippen molar-refractivity contribution in [1.82, 2.24) is 20.4 Å². The molecule has 2 N–H and O–H groups in total. The van der Waals surface area contributed by atoms with Gasteiger partial charge in [-0.1, -0.05) is 6.42 Å². The number of nitrogens with zero attached hydrogens (tertiary/aromatic N) is 2. The summed E-state index contributed by atoms with van der Waals surface area (Å²) in [7, 11) is 1.64. The summed E-state index contributed by atoms with van der Waals surface area (Å²) in [5, 5.41) is 10.3. The highest BCUT2D eigenvalue weighted by molar-refractivity contribution is 5.99. The summed E-state index contributed by atoms with van der Waals surface area (Å²) >= 11 is 0. The monoisotopic (exact) mass is 398 g/mol. The van der Waals surface area contributed by atoms with Gasteiger partial charge in [0.05, 0.1) is 24.6 Å². The number of carbonyl (C=O) groups excluding carboxylic acids is 1. The van der Waals surface area contributed by atoms with Gasteiger partial charge in [0.25, 0.3) is 5.91 Å². The molecule has 2 aromatic rings. The first-order chi connectivity index (χ1) is 14.2. The van der Waals surface area contributed by atoms with Crippen LogP contribution in [0.15, 0.2) is 30.5 Å². The highest BCUT2D eigenvalue weighted by Crippen LogP contribution is 2.31. The number of benzene rings is 1. The first kappa shape index (κ1) is 19.9. The molecule has 3 heterocycles. The second-order valence-electron chi connectivity index (χ2n) is 7.95. The summed E-state index contributed by atoms with van der Waals surface area (Å²) in [4.78, 5) is 15.6. The van der Waals surface area contributed by atoms with E-state index in [-0.39, 0.29) is 11.4 Å². The molecule has 2 saturated heterocycles. The van der Waals surface area contributed by atoms with Crippen LogP contribution in [0, 0.1) is 0 Å². The number of H-pyrrole nitrogens is 1. The zero-order chi connectivity index (χ0) is 20.1. The predicted octanol–water partition coefficient (Wildman–Crippen LogP) is 2.85. The number of ether oxygens (including phenoxy) is 2. The van der Waals surface area contributed by atoms with E-state index in [1.54, 1.807) is 13.3 Å². The Bertz CT molecular complexity index is 806. The molecule has 0 aliphatic carbocycles. The molecule has 0 saturated carbocycles. The lowest BCUT2D eigenvalue weighted by Gasteiger charge is -2.48. The minimum atomic E-state index is -0.0903. The van der Waals surface area contributed by atoms with Crippen LogP contribution in [0.1, 0.15) is 42.5 Å². The van der Waals surface area contributed by atoms with Crippen LogP contribution in [0.25, 0.3) is 11.3 Å². The lowest BCUT2D eigenvalue weighted by atomic mass is 9.86. The second kappa shape index (κ2) is 8.97. The average molecular weight is 399 g/mol. The topological polar surface area (TPSA) is 79.5 Å². The summed E-state index contributed by atoms with van der Waals surface area (Å²) in [6, 6.07) is 7.62. The third-order valence-electron chi connectivity index (χ3n) is 6.29. The molecule has 2 aliphatic heterocycles. The highest BCUT2D eigenvalue weighted by atomic mass is 16.5. The number of likely N-dealkylation sites (tertiary alicyclic amines) is 1. The van der Waals surface area contributed by atoms with E-state index in [0.29, 0.717) is 12.1 Å². The zero-order valence-electron chi connectivity index (χ0n) is 17.1. The van der Waals surface area contributed by atoms with E-state index in [0.717, 1.165) is 56.2 Å². The molecule has 0 spiro atoms. The molecule has 29 heavy (non-hydrogen) atoms. The Balaban J connectivity index is 1.48. The number of amides is 1. The summed E-state index contributed by atoms with van der Waals surface area (Å²) in [6.45, 7) is 4.38. The molecule has 1 aromatic carbocycles. The molecule has 2 fully saturated rings. The van der Waals surface area contributed by atoms with E-state index < -0.39 is 0 Å². The Hall–Kier alpha value is -2.38. The first-order valence-corrected chi connectivity index (χ1v) is 10.5. The van der Waals surface area contributed by atoms with Crippen LogP contribution in [0.2, 0.25) is 0 Å². The molecule has 0 radical (unpaired) electrons. The molecular formula is C22H30N4O3. The molecule has 0 bridgehead atoms. The average Bonchev–Trinajstić information content (AvgIpc) is 3.29. The lowest BCUT2D eigenvalue weighted by molar-refractivity contribution is -0.0349. The number of aromatic amines is 1. The van der Waals surface area contributed by atoms with E-state index in [2.05, 4.69) is 20.4 Å². The number of hydrogen-bond donors (Lipinski definition) is 2. The zero-order valence-corrected chi connectivity index (χ0v) is 17.1. The first-order valence-electron chi connectivity index (χ1n) is 10.5. The Morgan fingerprint density at radius 3 is 2.62 bits per heavy atom. The molecule has 4 rings (SSSR count). The van der Waals surface area contributed by atoms with Crippen LogP contribution in [-0.2, 0) is 4.74 Å². The van der Waals surface area contributed by atoms with E-state index in [9.17, 15) is 4.79 Å². The third-order valence-corrected chi connectivity index (χ3v) is 6.29. The maximum Gasteiger partial charge on any atom is 0.255 e. The van der Waals surface area contributed by atoms with Gasteiger partial charge >= 0.3 is 0 Å². The molecule has 156 valence electrons. The number of hydrogen-bond acceptors (Lipinski definition) is 5. The fourth-order valence-corrected chi connectivity index (χ4v) is 4.50. The minimum absolute atomic E-state index is 0.00164. The van der Waals surface area contributed by atoms with Crippen molar-refractivity contribution in [2.45, 2.75) is 37.6 Å². The highest BCUT2D eigenvalue weighted by Gasteiger charge is 2.39. The molecule has 0 atom stereocenters. The smallest absolute Gasteiger partial charge is 0.255 e. The lowest BCUT2D eigenvalue weighted by Crippen LogP contribution is -2.59. The fourth-order valence-electron chi connectivity index (χ4n) is 4.50. The molecule has 0 unspecified atom stereocenters. The van der Waals surface area contributed by atoms with Gasteiger partial charge in [-0.15, -0.1) is 0 Å². The minimum Gasteiger partial charge on any atom is -0.497 e. The van der Waals surface area contributed by atoms with Crippen molar-refractivity contribution in [2.75, 3.05) is 40.0 Å². The van der Waals surface area contributed by atoms with E-state index in [1.165, 1.54) is 19.3 Å². The van der Waals surface area contributed by atoms with Crippen molar-refractivity contribution >= 4 is 5.91 Å². The van der Waals surface area contributed by atoms with Crippen molar-refractivity contribution in [2.24, 2.45) is 0 Å². The SMILES string of the molecule is COc1ccc(-c2[nH]ncc2C(=O)NCC2(N3CCCCC3)CCOCC2)cc1. The van der Waals surface area contributed by atoms with Crippen LogP contribution in [0.4, 0.5) is 0 Å². The summed E-state index contributed by atoms with van der Waals surface area (Å²) in [6.07, 6.45) is 7.30. The number of rotatable bonds is 6. The van der Waals surface area contributed by atoms with Gasteiger partial charge in [0, 0.05) is 30.9 Å². The van der Waals surface area contributed by atoms with Gasteiger partial charge < -0.3 is 14.8 Å². The molecule has 1 amide bonds. The van der Waals surface area contributed by atoms with Gasteiger partial charge in [-0.3, -0.25) is 14.8 Å². The standard InChI is InChI=1S/C22H30N4O3/c1-28-18-7-5-17(6-8-18)20-19(15-24-25-20)21(27)23-16-22(9-13-29-14-10-22)26-11-3-2-4-12-26/h5-8,15H,2-4,9-14,16H2,1H3,(H,23,27)(H,24,25).